The predicted molar refractivity (Wildman–Crippen MR) is 71.9 cm³/mol. The lowest BCUT2D eigenvalue weighted by Gasteiger charge is -2.25. The number of halogens is 1. The van der Waals surface area contributed by atoms with Gasteiger partial charge in [0.1, 0.15) is 11.5 Å². The minimum absolute atomic E-state index is 0. The minimum atomic E-state index is -0.662. The highest BCUT2D eigenvalue weighted by molar-refractivity contribution is 5.85. The summed E-state index contributed by atoms with van der Waals surface area (Å²) >= 11 is 0. The maximum atomic E-state index is 10.2. The van der Waals surface area contributed by atoms with Crippen LogP contribution in [0.3, 0.4) is 0 Å². The first-order valence-electron chi connectivity index (χ1n) is 6.05. The summed E-state index contributed by atoms with van der Waals surface area (Å²) in [5.74, 6) is 0.269. The van der Waals surface area contributed by atoms with Crippen LogP contribution in [-0.4, -0.2) is 21.4 Å². The van der Waals surface area contributed by atoms with Gasteiger partial charge in [-0.25, -0.2) is 0 Å². The van der Waals surface area contributed by atoms with Crippen LogP contribution in [-0.2, 0) is 0 Å². The molecule has 4 nitrogen and oxygen atoms in total. The molecule has 1 aliphatic rings. The van der Waals surface area contributed by atoms with Gasteiger partial charge in [-0.1, -0.05) is 12.8 Å². The van der Waals surface area contributed by atoms with Crippen molar-refractivity contribution in [2.45, 2.75) is 37.8 Å². The zero-order valence-corrected chi connectivity index (χ0v) is 10.9. The highest BCUT2D eigenvalue weighted by Crippen LogP contribution is 2.35. The van der Waals surface area contributed by atoms with Crippen molar-refractivity contribution in [2.75, 3.05) is 0 Å². The molecule has 102 valence electrons. The van der Waals surface area contributed by atoms with Gasteiger partial charge in [-0.2, -0.15) is 0 Å². The second-order valence-electron chi connectivity index (χ2n) is 4.80. The van der Waals surface area contributed by atoms with E-state index in [1.165, 1.54) is 18.2 Å². The van der Waals surface area contributed by atoms with Gasteiger partial charge in [0.05, 0.1) is 12.1 Å². The van der Waals surface area contributed by atoms with Crippen molar-refractivity contribution in [1.82, 2.24) is 0 Å². The Bertz CT molecular complexity index is 394. The second kappa shape index (κ2) is 6.27. The van der Waals surface area contributed by atoms with Crippen LogP contribution in [0.2, 0.25) is 0 Å². The van der Waals surface area contributed by atoms with Gasteiger partial charge in [0.2, 0.25) is 0 Å². The maximum Gasteiger partial charge on any atom is 0.120 e. The van der Waals surface area contributed by atoms with Crippen molar-refractivity contribution in [2.24, 2.45) is 11.7 Å². The van der Waals surface area contributed by atoms with E-state index in [4.69, 9.17) is 5.73 Å². The summed E-state index contributed by atoms with van der Waals surface area (Å²) in [5, 5.41) is 29.2. The highest BCUT2D eigenvalue weighted by Gasteiger charge is 2.30. The van der Waals surface area contributed by atoms with Crippen LogP contribution in [0.5, 0.6) is 11.5 Å². The van der Waals surface area contributed by atoms with Crippen molar-refractivity contribution in [3.8, 4) is 11.5 Å². The van der Waals surface area contributed by atoms with Crippen molar-refractivity contribution in [3.05, 3.63) is 23.8 Å². The van der Waals surface area contributed by atoms with Crippen molar-refractivity contribution in [1.29, 1.82) is 0 Å². The van der Waals surface area contributed by atoms with E-state index in [0.717, 1.165) is 25.7 Å². The Hall–Kier alpha value is -0.970. The summed E-state index contributed by atoms with van der Waals surface area (Å²) in [5.41, 5.74) is 6.37. The Kier molecular flexibility index (Phi) is 5.26. The largest absolute Gasteiger partial charge is 0.508 e. The van der Waals surface area contributed by atoms with E-state index in [1.807, 2.05) is 0 Å². The molecule has 5 N–H and O–H groups in total. The van der Waals surface area contributed by atoms with Gasteiger partial charge in [-0.3, -0.25) is 0 Å². The number of nitrogens with two attached hydrogens (primary N) is 1. The molecule has 0 saturated heterocycles. The number of aromatic hydroxyl groups is 2. The lowest BCUT2D eigenvalue weighted by molar-refractivity contribution is 0.0835. The number of hydrogen-bond donors (Lipinski definition) is 4. The van der Waals surface area contributed by atoms with E-state index in [9.17, 15) is 15.3 Å². The van der Waals surface area contributed by atoms with Crippen molar-refractivity contribution >= 4 is 12.4 Å². The van der Waals surface area contributed by atoms with E-state index in [2.05, 4.69) is 0 Å². The first kappa shape index (κ1) is 15.1. The minimum Gasteiger partial charge on any atom is -0.508 e. The van der Waals surface area contributed by atoms with Gasteiger partial charge in [0, 0.05) is 5.56 Å². The molecule has 1 saturated carbocycles. The van der Waals surface area contributed by atoms with Crippen LogP contribution >= 0.6 is 12.4 Å². The van der Waals surface area contributed by atoms with E-state index in [-0.39, 0.29) is 29.8 Å². The van der Waals surface area contributed by atoms with Crippen LogP contribution in [0, 0.1) is 5.92 Å². The van der Waals surface area contributed by atoms with Crippen molar-refractivity contribution < 1.29 is 15.3 Å². The number of phenolic OH excluding ortho intramolecular Hbond substituents is 2. The van der Waals surface area contributed by atoms with Gasteiger partial charge < -0.3 is 21.1 Å². The molecule has 1 fully saturated rings. The molecule has 0 amide bonds. The van der Waals surface area contributed by atoms with E-state index < -0.39 is 12.1 Å². The van der Waals surface area contributed by atoms with Crippen LogP contribution in [0.15, 0.2) is 18.2 Å². The van der Waals surface area contributed by atoms with Gasteiger partial charge in [-0.05, 0) is 37.0 Å². The quantitative estimate of drug-likeness (QED) is 0.635. The summed E-state index contributed by atoms with van der Waals surface area (Å²) in [7, 11) is 0. The normalized spacial score (nSPS) is 19.2. The lowest BCUT2D eigenvalue weighted by Crippen LogP contribution is -2.31. The first-order valence-corrected chi connectivity index (χ1v) is 6.05. The van der Waals surface area contributed by atoms with Crippen LogP contribution in [0.25, 0.3) is 0 Å². The second-order valence-corrected chi connectivity index (χ2v) is 4.80. The smallest absolute Gasteiger partial charge is 0.120 e. The summed E-state index contributed by atoms with van der Waals surface area (Å²) < 4.78 is 0. The number of aliphatic hydroxyl groups is 1. The fourth-order valence-electron chi connectivity index (χ4n) is 2.58. The Morgan fingerprint density at radius 1 is 1.17 bits per heavy atom. The van der Waals surface area contributed by atoms with E-state index >= 15 is 0 Å². The van der Waals surface area contributed by atoms with E-state index in [1.54, 1.807) is 0 Å². The molecule has 0 unspecified atom stereocenters. The fourth-order valence-corrected chi connectivity index (χ4v) is 2.58. The van der Waals surface area contributed by atoms with Gasteiger partial charge in [0.25, 0.3) is 0 Å². The fraction of sp³-hybridized carbons (Fsp3) is 0.538. The third-order valence-corrected chi connectivity index (χ3v) is 3.62. The molecule has 18 heavy (non-hydrogen) atoms. The number of benzene rings is 1. The molecule has 0 aromatic heterocycles. The molecule has 1 aromatic carbocycles. The molecule has 0 bridgehead atoms. The van der Waals surface area contributed by atoms with Crippen LogP contribution in [0.1, 0.15) is 37.3 Å². The van der Waals surface area contributed by atoms with Crippen LogP contribution in [0.4, 0.5) is 0 Å². The topological polar surface area (TPSA) is 86.7 Å². The Morgan fingerprint density at radius 3 is 2.39 bits per heavy atom. The average molecular weight is 274 g/mol. The Labute approximate surface area is 113 Å². The monoisotopic (exact) mass is 273 g/mol. The predicted octanol–water partition coefficient (Wildman–Crippen LogP) is 2.07. The molecular formula is C13H20ClNO3. The number of hydrogen-bond acceptors (Lipinski definition) is 4. The Morgan fingerprint density at radius 2 is 1.78 bits per heavy atom. The molecule has 0 aliphatic heterocycles. The van der Waals surface area contributed by atoms with Gasteiger partial charge in [0.15, 0.2) is 0 Å². The summed E-state index contributed by atoms with van der Waals surface area (Å²) in [6, 6.07) is 3.56. The maximum absolute atomic E-state index is 10.2. The number of aliphatic hydroxyl groups excluding tert-OH is 1. The van der Waals surface area contributed by atoms with Crippen molar-refractivity contribution in [3.63, 3.8) is 0 Å². The Balaban J connectivity index is 0.00000162. The summed E-state index contributed by atoms with van der Waals surface area (Å²) in [6.45, 7) is 0. The van der Waals surface area contributed by atoms with E-state index in [0.29, 0.717) is 5.56 Å². The number of rotatable bonds is 3. The molecule has 0 radical (unpaired) electrons. The molecular weight excluding hydrogens is 254 g/mol. The van der Waals surface area contributed by atoms with Gasteiger partial charge in [-0.15, -0.1) is 12.4 Å². The zero-order valence-electron chi connectivity index (χ0n) is 10.1. The highest BCUT2D eigenvalue weighted by atomic mass is 35.5. The SMILES string of the molecule is Cl.N[C@@H](c1cc(O)ccc1O)[C@H](O)C1CCCC1. The molecule has 0 heterocycles. The third-order valence-electron chi connectivity index (χ3n) is 3.62. The molecule has 2 atom stereocenters. The standard InChI is InChI=1S/C13H19NO3.ClH/c14-12(13(17)8-3-1-2-4-8)10-7-9(15)5-6-11(10)16;/h5-8,12-13,15-17H,1-4,14H2;1H/t12-,13+;/m0./s1. The summed E-state index contributed by atoms with van der Waals surface area (Å²) in [4.78, 5) is 0. The number of phenols is 2. The van der Waals surface area contributed by atoms with Crippen LogP contribution < -0.4 is 5.73 Å². The van der Waals surface area contributed by atoms with Gasteiger partial charge >= 0.3 is 0 Å². The molecule has 1 aliphatic carbocycles. The summed E-state index contributed by atoms with van der Waals surface area (Å²) in [6.07, 6.45) is 3.55. The average Bonchev–Trinajstić information content (AvgIpc) is 2.84. The molecule has 0 spiro atoms. The molecule has 5 heteroatoms. The molecule has 2 rings (SSSR count). The first-order chi connectivity index (χ1) is 8.09. The molecule has 1 aromatic rings. The lowest BCUT2D eigenvalue weighted by atomic mass is 9.90. The third kappa shape index (κ3) is 3.07. The zero-order chi connectivity index (χ0) is 12.4.